The van der Waals surface area contributed by atoms with Crippen LogP contribution in [0.4, 0.5) is 0 Å². The molecule has 0 spiro atoms. The molecule has 0 saturated carbocycles. The second-order valence-electron chi connectivity index (χ2n) is 4.95. The Morgan fingerprint density at radius 2 is 2.12 bits per heavy atom. The lowest BCUT2D eigenvalue weighted by Crippen LogP contribution is -2.06. The van der Waals surface area contributed by atoms with Gasteiger partial charge in [0.15, 0.2) is 0 Å². The van der Waals surface area contributed by atoms with Crippen molar-refractivity contribution in [2.45, 2.75) is 32.1 Å². The van der Waals surface area contributed by atoms with E-state index in [1.165, 1.54) is 41.5 Å². The van der Waals surface area contributed by atoms with E-state index in [-0.39, 0.29) is 0 Å². The summed E-state index contributed by atoms with van der Waals surface area (Å²) in [6.45, 7) is 2.34. The Morgan fingerprint density at radius 1 is 1.18 bits per heavy atom. The quantitative estimate of drug-likeness (QED) is 0.706. The second-order valence-corrected chi connectivity index (χ2v) is 4.95. The Hall–Kier alpha value is -1.63. The van der Waals surface area contributed by atoms with E-state index in [4.69, 9.17) is 0 Å². The molecule has 1 aliphatic carbocycles. The van der Waals surface area contributed by atoms with Crippen molar-refractivity contribution in [3.63, 3.8) is 0 Å². The van der Waals surface area contributed by atoms with Gasteiger partial charge in [-0.1, -0.05) is 31.2 Å². The highest BCUT2D eigenvalue weighted by atomic mass is 14.6. The number of hydrogen-bond donors (Lipinski definition) is 0. The highest BCUT2D eigenvalue weighted by Gasteiger charge is 2.16. The first-order valence-corrected chi connectivity index (χ1v) is 6.38. The standard InChI is InChI=1S/C16H17N/c1-12-4-2-5-13-7-8-14(10-16(12)13)15-6-3-9-17-11-15/h3,6-12H,2,4-5H2,1H3. The predicted molar refractivity (Wildman–Crippen MR) is 71.0 cm³/mol. The molecule has 17 heavy (non-hydrogen) atoms. The summed E-state index contributed by atoms with van der Waals surface area (Å²) in [6, 6.07) is 11.0. The number of aryl methyl sites for hydroxylation is 1. The molecular formula is C16H17N. The van der Waals surface area contributed by atoms with Crippen LogP contribution in [0.15, 0.2) is 42.7 Å². The van der Waals surface area contributed by atoms with Crippen molar-refractivity contribution in [3.8, 4) is 11.1 Å². The summed E-state index contributed by atoms with van der Waals surface area (Å²) in [5, 5.41) is 0. The van der Waals surface area contributed by atoms with Gasteiger partial charge < -0.3 is 0 Å². The molecule has 0 amide bonds. The van der Waals surface area contributed by atoms with E-state index in [2.05, 4.69) is 36.2 Å². The highest BCUT2D eigenvalue weighted by molar-refractivity contribution is 5.64. The molecule has 0 bridgehead atoms. The minimum Gasteiger partial charge on any atom is -0.264 e. The average molecular weight is 223 g/mol. The molecule has 0 radical (unpaired) electrons. The smallest absolute Gasteiger partial charge is 0.0346 e. The van der Waals surface area contributed by atoms with E-state index in [1.54, 1.807) is 0 Å². The Labute approximate surface area is 103 Å². The Bertz CT molecular complexity index is 516. The molecule has 1 heterocycles. The third-order valence-corrected chi connectivity index (χ3v) is 3.75. The van der Waals surface area contributed by atoms with Crippen LogP contribution < -0.4 is 0 Å². The van der Waals surface area contributed by atoms with Crippen molar-refractivity contribution in [2.75, 3.05) is 0 Å². The predicted octanol–water partition coefficient (Wildman–Crippen LogP) is 4.19. The molecule has 86 valence electrons. The first-order valence-electron chi connectivity index (χ1n) is 6.38. The summed E-state index contributed by atoms with van der Waals surface area (Å²) in [4.78, 5) is 4.19. The van der Waals surface area contributed by atoms with E-state index in [9.17, 15) is 0 Å². The molecule has 0 aliphatic heterocycles. The lowest BCUT2D eigenvalue weighted by molar-refractivity contribution is 0.590. The molecule has 0 fully saturated rings. The number of aromatic nitrogens is 1. The molecule has 1 aromatic heterocycles. The monoisotopic (exact) mass is 223 g/mol. The van der Waals surface area contributed by atoms with Crippen LogP contribution in [0.3, 0.4) is 0 Å². The third kappa shape index (κ3) is 1.97. The van der Waals surface area contributed by atoms with Crippen molar-refractivity contribution < 1.29 is 0 Å². The fourth-order valence-corrected chi connectivity index (χ4v) is 2.75. The molecule has 1 aromatic carbocycles. The summed E-state index contributed by atoms with van der Waals surface area (Å²) in [6.07, 6.45) is 7.66. The molecule has 1 heteroatoms. The van der Waals surface area contributed by atoms with Crippen LogP contribution in [0.1, 0.15) is 36.8 Å². The highest BCUT2D eigenvalue weighted by Crippen LogP contribution is 2.33. The number of pyridine rings is 1. The normalized spacial score (nSPS) is 18.8. The summed E-state index contributed by atoms with van der Waals surface area (Å²) in [5.74, 6) is 0.704. The molecule has 1 nitrogen and oxygen atoms in total. The Morgan fingerprint density at radius 3 is 2.94 bits per heavy atom. The average Bonchev–Trinajstić information content (AvgIpc) is 2.40. The van der Waals surface area contributed by atoms with Crippen molar-refractivity contribution in [3.05, 3.63) is 53.9 Å². The van der Waals surface area contributed by atoms with Gasteiger partial charge in [0.1, 0.15) is 0 Å². The van der Waals surface area contributed by atoms with E-state index >= 15 is 0 Å². The zero-order valence-corrected chi connectivity index (χ0v) is 10.2. The molecule has 0 N–H and O–H groups in total. The second kappa shape index (κ2) is 4.33. The van der Waals surface area contributed by atoms with Gasteiger partial charge in [-0.2, -0.15) is 0 Å². The van der Waals surface area contributed by atoms with Gasteiger partial charge in [-0.15, -0.1) is 0 Å². The van der Waals surface area contributed by atoms with Gasteiger partial charge in [0.25, 0.3) is 0 Å². The summed E-state index contributed by atoms with van der Waals surface area (Å²) in [5.41, 5.74) is 5.59. The number of benzene rings is 1. The maximum Gasteiger partial charge on any atom is 0.0346 e. The van der Waals surface area contributed by atoms with Crippen LogP contribution >= 0.6 is 0 Å². The van der Waals surface area contributed by atoms with Gasteiger partial charge in [0.05, 0.1) is 0 Å². The fourth-order valence-electron chi connectivity index (χ4n) is 2.75. The SMILES string of the molecule is CC1CCCc2ccc(-c3cccnc3)cc21. The van der Waals surface area contributed by atoms with Crippen LogP contribution in [0.5, 0.6) is 0 Å². The summed E-state index contributed by atoms with van der Waals surface area (Å²) < 4.78 is 0. The first-order chi connectivity index (χ1) is 8.34. The van der Waals surface area contributed by atoms with Crippen LogP contribution in [-0.4, -0.2) is 4.98 Å². The zero-order valence-electron chi connectivity index (χ0n) is 10.2. The largest absolute Gasteiger partial charge is 0.264 e. The van der Waals surface area contributed by atoms with Crippen LogP contribution in [0.2, 0.25) is 0 Å². The van der Waals surface area contributed by atoms with E-state index in [0.717, 1.165) is 0 Å². The van der Waals surface area contributed by atoms with Gasteiger partial charge in [-0.3, -0.25) is 4.98 Å². The Kier molecular flexibility index (Phi) is 2.68. The molecule has 3 rings (SSSR count). The first kappa shape index (κ1) is 10.5. The molecule has 1 atom stereocenters. The van der Waals surface area contributed by atoms with Gasteiger partial charge in [-0.05, 0) is 53.5 Å². The zero-order chi connectivity index (χ0) is 11.7. The fraction of sp³-hybridized carbons (Fsp3) is 0.312. The van der Waals surface area contributed by atoms with Crippen LogP contribution in [-0.2, 0) is 6.42 Å². The van der Waals surface area contributed by atoms with Gasteiger partial charge in [0.2, 0.25) is 0 Å². The Balaban J connectivity index is 2.06. The van der Waals surface area contributed by atoms with E-state index < -0.39 is 0 Å². The third-order valence-electron chi connectivity index (χ3n) is 3.75. The maximum absolute atomic E-state index is 4.19. The van der Waals surface area contributed by atoms with E-state index in [1.807, 2.05) is 18.5 Å². The molecule has 2 aromatic rings. The van der Waals surface area contributed by atoms with Crippen molar-refractivity contribution in [1.29, 1.82) is 0 Å². The van der Waals surface area contributed by atoms with Crippen LogP contribution in [0.25, 0.3) is 11.1 Å². The molecule has 0 saturated heterocycles. The molecule has 1 unspecified atom stereocenters. The van der Waals surface area contributed by atoms with Crippen molar-refractivity contribution >= 4 is 0 Å². The summed E-state index contributed by atoms with van der Waals surface area (Å²) >= 11 is 0. The summed E-state index contributed by atoms with van der Waals surface area (Å²) in [7, 11) is 0. The lowest BCUT2D eigenvalue weighted by atomic mass is 9.82. The minimum atomic E-state index is 0.704. The van der Waals surface area contributed by atoms with Crippen molar-refractivity contribution in [1.82, 2.24) is 4.98 Å². The number of hydrogen-bond acceptors (Lipinski definition) is 1. The lowest BCUT2D eigenvalue weighted by Gasteiger charge is -2.23. The van der Waals surface area contributed by atoms with Gasteiger partial charge >= 0.3 is 0 Å². The molecular weight excluding hydrogens is 206 g/mol. The maximum atomic E-state index is 4.19. The van der Waals surface area contributed by atoms with Gasteiger partial charge in [-0.25, -0.2) is 0 Å². The van der Waals surface area contributed by atoms with Gasteiger partial charge in [0, 0.05) is 12.4 Å². The molecule has 1 aliphatic rings. The van der Waals surface area contributed by atoms with Crippen molar-refractivity contribution in [2.24, 2.45) is 0 Å². The minimum absolute atomic E-state index is 0.704. The van der Waals surface area contributed by atoms with E-state index in [0.29, 0.717) is 5.92 Å². The number of fused-ring (bicyclic) bond motifs is 1. The van der Waals surface area contributed by atoms with Crippen LogP contribution in [0, 0.1) is 0 Å². The number of nitrogens with zero attached hydrogens (tertiary/aromatic N) is 1. The topological polar surface area (TPSA) is 12.9 Å². The number of rotatable bonds is 1.